The van der Waals surface area contributed by atoms with E-state index in [0.29, 0.717) is 11.5 Å². The molecule has 22 heavy (non-hydrogen) atoms. The first kappa shape index (κ1) is 16.6. The SMILES string of the molecule is O=C(Nc1ccc(N=Nc2ccccc2)cc1)C(CS)CS. The van der Waals surface area contributed by atoms with Gasteiger partial charge in [-0.25, -0.2) is 0 Å². The molecule has 0 aliphatic rings. The van der Waals surface area contributed by atoms with Crippen LogP contribution in [-0.4, -0.2) is 17.4 Å². The van der Waals surface area contributed by atoms with Gasteiger partial charge in [0.1, 0.15) is 0 Å². The van der Waals surface area contributed by atoms with Gasteiger partial charge in [0.2, 0.25) is 5.91 Å². The van der Waals surface area contributed by atoms with Crippen LogP contribution in [0.4, 0.5) is 17.1 Å². The first-order valence-corrected chi connectivity index (χ1v) is 8.09. The standard InChI is InChI=1S/C16H17N3OS2/c20-16(12(10-21)11-22)17-13-6-8-15(9-7-13)19-18-14-4-2-1-3-5-14/h1-9,12,21-22H,10-11H2,(H,17,20). The Balaban J connectivity index is 1.98. The zero-order chi connectivity index (χ0) is 15.8. The lowest BCUT2D eigenvalue weighted by atomic mass is 10.2. The van der Waals surface area contributed by atoms with E-state index in [4.69, 9.17) is 0 Å². The summed E-state index contributed by atoms with van der Waals surface area (Å²) in [6, 6.07) is 16.7. The Hall–Kier alpha value is -1.79. The Morgan fingerprint density at radius 2 is 1.45 bits per heavy atom. The zero-order valence-electron chi connectivity index (χ0n) is 11.9. The second kappa shape index (κ2) is 8.60. The van der Waals surface area contributed by atoms with Crippen molar-refractivity contribution in [2.24, 2.45) is 16.1 Å². The Kier molecular flexibility index (Phi) is 6.48. The van der Waals surface area contributed by atoms with Crippen molar-refractivity contribution in [1.82, 2.24) is 0 Å². The summed E-state index contributed by atoms with van der Waals surface area (Å²) in [5.41, 5.74) is 2.24. The van der Waals surface area contributed by atoms with Gasteiger partial charge >= 0.3 is 0 Å². The lowest BCUT2D eigenvalue weighted by Gasteiger charge is -2.11. The van der Waals surface area contributed by atoms with Crippen LogP contribution < -0.4 is 5.32 Å². The Labute approximate surface area is 140 Å². The lowest BCUT2D eigenvalue weighted by molar-refractivity contribution is -0.118. The summed E-state index contributed by atoms with van der Waals surface area (Å²) in [4.78, 5) is 11.9. The molecule has 4 nitrogen and oxygen atoms in total. The maximum absolute atomic E-state index is 11.9. The van der Waals surface area contributed by atoms with Crippen LogP contribution in [0.3, 0.4) is 0 Å². The number of anilines is 1. The molecule has 0 radical (unpaired) electrons. The van der Waals surface area contributed by atoms with Crippen molar-refractivity contribution in [3.05, 3.63) is 54.6 Å². The minimum Gasteiger partial charge on any atom is -0.326 e. The summed E-state index contributed by atoms with van der Waals surface area (Å²) in [6.45, 7) is 0. The fourth-order valence-electron chi connectivity index (χ4n) is 1.69. The molecule has 114 valence electrons. The summed E-state index contributed by atoms with van der Waals surface area (Å²) in [6.07, 6.45) is 0. The second-order valence-electron chi connectivity index (χ2n) is 4.63. The van der Waals surface area contributed by atoms with Gasteiger partial charge in [-0.05, 0) is 36.4 Å². The van der Waals surface area contributed by atoms with Crippen molar-refractivity contribution in [2.45, 2.75) is 0 Å². The van der Waals surface area contributed by atoms with E-state index in [9.17, 15) is 4.79 Å². The fraction of sp³-hybridized carbons (Fsp3) is 0.188. The van der Waals surface area contributed by atoms with E-state index in [1.165, 1.54) is 0 Å². The van der Waals surface area contributed by atoms with Gasteiger partial charge in [0.15, 0.2) is 0 Å². The number of nitrogens with zero attached hydrogens (tertiary/aromatic N) is 2. The molecule has 6 heteroatoms. The summed E-state index contributed by atoms with van der Waals surface area (Å²) < 4.78 is 0. The van der Waals surface area contributed by atoms with E-state index >= 15 is 0 Å². The summed E-state index contributed by atoms with van der Waals surface area (Å²) in [5.74, 6) is 0.657. The van der Waals surface area contributed by atoms with Crippen LogP contribution in [0.2, 0.25) is 0 Å². The molecule has 0 heterocycles. The molecule has 1 N–H and O–H groups in total. The number of hydrogen-bond acceptors (Lipinski definition) is 5. The highest BCUT2D eigenvalue weighted by molar-refractivity contribution is 7.81. The number of thiol groups is 2. The summed E-state index contributed by atoms with van der Waals surface area (Å²) in [5, 5.41) is 11.1. The minimum atomic E-state index is -0.205. The molecule has 0 saturated carbocycles. The van der Waals surface area contributed by atoms with Crippen LogP contribution in [0.15, 0.2) is 64.8 Å². The van der Waals surface area contributed by atoms with E-state index in [1.54, 1.807) is 24.3 Å². The van der Waals surface area contributed by atoms with Gasteiger partial charge in [-0.3, -0.25) is 4.79 Å². The fourth-order valence-corrected chi connectivity index (χ4v) is 2.48. The van der Waals surface area contributed by atoms with E-state index in [2.05, 4.69) is 40.8 Å². The highest BCUT2D eigenvalue weighted by Crippen LogP contribution is 2.20. The Morgan fingerprint density at radius 1 is 0.909 bits per heavy atom. The average Bonchev–Trinajstić information content (AvgIpc) is 2.56. The molecule has 0 saturated heterocycles. The number of carbonyl (C=O) groups excluding carboxylic acids is 1. The molecule has 2 aromatic carbocycles. The Morgan fingerprint density at radius 3 is 2.00 bits per heavy atom. The van der Waals surface area contributed by atoms with Gasteiger partial charge in [-0.2, -0.15) is 35.5 Å². The van der Waals surface area contributed by atoms with Crippen LogP contribution in [0.5, 0.6) is 0 Å². The van der Waals surface area contributed by atoms with Crippen LogP contribution in [0.1, 0.15) is 0 Å². The van der Waals surface area contributed by atoms with E-state index in [0.717, 1.165) is 17.1 Å². The van der Waals surface area contributed by atoms with Gasteiger partial charge < -0.3 is 5.32 Å². The van der Waals surface area contributed by atoms with E-state index in [1.807, 2.05) is 30.3 Å². The summed E-state index contributed by atoms with van der Waals surface area (Å²) >= 11 is 8.29. The third-order valence-corrected chi connectivity index (χ3v) is 3.87. The van der Waals surface area contributed by atoms with Crippen LogP contribution >= 0.6 is 25.3 Å². The maximum atomic E-state index is 11.9. The largest absolute Gasteiger partial charge is 0.326 e. The van der Waals surface area contributed by atoms with Crippen LogP contribution in [0, 0.1) is 5.92 Å². The van der Waals surface area contributed by atoms with Crippen molar-refractivity contribution in [2.75, 3.05) is 16.8 Å². The van der Waals surface area contributed by atoms with Gasteiger partial charge in [-0.1, -0.05) is 18.2 Å². The van der Waals surface area contributed by atoms with Crippen LogP contribution in [-0.2, 0) is 4.79 Å². The number of rotatable bonds is 6. The molecule has 0 bridgehead atoms. The van der Waals surface area contributed by atoms with Gasteiger partial charge in [0.25, 0.3) is 0 Å². The molecule has 0 fully saturated rings. The van der Waals surface area contributed by atoms with Gasteiger partial charge in [-0.15, -0.1) is 0 Å². The predicted octanol–water partition coefficient (Wildman–Crippen LogP) is 4.52. The van der Waals surface area contributed by atoms with Crippen molar-refractivity contribution >= 4 is 48.2 Å². The lowest BCUT2D eigenvalue weighted by Crippen LogP contribution is -2.25. The normalized spacial score (nSPS) is 11.0. The molecular formula is C16H17N3OS2. The predicted molar refractivity (Wildman–Crippen MR) is 96.9 cm³/mol. The van der Waals surface area contributed by atoms with Crippen LogP contribution in [0.25, 0.3) is 0 Å². The van der Waals surface area contributed by atoms with E-state index < -0.39 is 0 Å². The average molecular weight is 331 g/mol. The smallest absolute Gasteiger partial charge is 0.229 e. The first-order chi connectivity index (χ1) is 10.7. The highest BCUT2D eigenvalue weighted by atomic mass is 32.1. The number of carbonyl (C=O) groups is 1. The zero-order valence-corrected chi connectivity index (χ0v) is 13.7. The quantitative estimate of drug-likeness (QED) is 0.529. The highest BCUT2D eigenvalue weighted by Gasteiger charge is 2.14. The molecule has 0 unspecified atom stereocenters. The molecule has 1 amide bonds. The number of azo groups is 1. The number of hydrogen-bond donors (Lipinski definition) is 3. The number of benzene rings is 2. The maximum Gasteiger partial charge on any atom is 0.229 e. The van der Waals surface area contributed by atoms with Gasteiger partial charge in [0, 0.05) is 17.2 Å². The molecule has 0 aliphatic heterocycles. The van der Waals surface area contributed by atoms with Crippen molar-refractivity contribution < 1.29 is 4.79 Å². The third kappa shape index (κ3) is 4.89. The second-order valence-corrected chi connectivity index (χ2v) is 5.36. The molecule has 0 spiro atoms. The Bertz CT molecular complexity index is 626. The first-order valence-electron chi connectivity index (χ1n) is 6.82. The third-order valence-electron chi connectivity index (χ3n) is 2.98. The molecule has 2 rings (SSSR count). The van der Waals surface area contributed by atoms with Crippen molar-refractivity contribution in [1.29, 1.82) is 0 Å². The minimum absolute atomic E-state index is 0.0799. The molecule has 0 aliphatic carbocycles. The van der Waals surface area contributed by atoms with Crippen molar-refractivity contribution in [3.63, 3.8) is 0 Å². The number of amides is 1. The molecular weight excluding hydrogens is 314 g/mol. The van der Waals surface area contributed by atoms with Crippen molar-refractivity contribution in [3.8, 4) is 0 Å². The molecule has 0 aromatic heterocycles. The molecule has 0 atom stereocenters. The number of nitrogens with one attached hydrogen (secondary N) is 1. The molecule has 2 aromatic rings. The monoisotopic (exact) mass is 331 g/mol. The van der Waals surface area contributed by atoms with Gasteiger partial charge in [0.05, 0.1) is 17.3 Å². The summed E-state index contributed by atoms with van der Waals surface area (Å²) in [7, 11) is 0. The topological polar surface area (TPSA) is 53.8 Å². The van der Waals surface area contributed by atoms with E-state index in [-0.39, 0.29) is 11.8 Å².